The van der Waals surface area contributed by atoms with Gasteiger partial charge in [-0.15, -0.1) is 0 Å². The molecule has 2 rings (SSSR count). The average Bonchev–Trinajstić information content (AvgIpc) is 2.85. The molecule has 1 aliphatic heterocycles. The number of aliphatic carboxylic acids is 1. The standard InChI is InChI=1S/C14H16FNO4/c1-8-10(4-3-5-11(8)15)13(17)16-7-9(20-2)6-12(16)14(18)19/h3-5,9,12H,6-7H2,1-2H3,(H,18,19). The zero-order valence-electron chi connectivity index (χ0n) is 11.3. The smallest absolute Gasteiger partial charge is 0.326 e. The number of carboxylic acids is 1. The van der Waals surface area contributed by atoms with Gasteiger partial charge in [-0.05, 0) is 24.6 Å². The first-order valence-corrected chi connectivity index (χ1v) is 6.27. The Morgan fingerprint density at radius 1 is 1.45 bits per heavy atom. The summed E-state index contributed by atoms with van der Waals surface area (Å²) in [6.07, 6.45) is -0.0692. The molecule has 6 heteroatoms. The highest BCUT2D eigenvalue weighted by molar-refractivity contribution is 5.98. The number of carboxylic acid groups (broad SMARTS) is 1. The Morgan fingerprint density at radius 2 is 2.15 bits per heavy atom. The fourth-order valence-electron chi connectivity index (χ4n) is 2.42. The predicted octanol–water partition coefficient (Wildman–Crippen LogP) is 1.45. The number of nitrogens with zero attached hydrogens (tertiary/aromatic N) is 1. The molecule has 0 aromatic heterocycles. The van der Waals surface area contributed by atoms with Crippen molar-refractivity contribution in [3.8, 4) is 0 Å². The lowest BCUT2D eigenvalue weighted by atomic mass is 10.1. The minimum absolute atomic E-state index is 0.188. The van der Waals surface area contributed by atoms with Crippen LogP contribution in [0.15, 0.2) is 18.2 Å². The summed E-state index contributed by atoms with van der Waals surface area (Å²) in [5.74, 6) is -2.04. The summed E-state index contributed by atoms with van der Waals surface area (Å²) in [4.78, 5) is 24.9. The van der Waals surface area contributed by atoms with Gasteiger partial charge in [0.15, 0.2) is 0 Å². The fourth-order valence-corrected chi connectivity index (χ4v) is 2.42. The van der Waals surface area contributed by atoms with Crippen LogP contribution < -0.4 is 0 Å². The monoisotopic (exact) mass is 281 g/mol. The molecule has 1 saturated heterocycles. The molecular formula is C14H16FNO4. The van der Waals surface area contributed by atoms with Crippen LogP contribution in [0.25, 0.3) is 0 Å². The van der Waals surface area contributed by atoms with Gasteiger partial charge in [-0.25, -0.2) is 9.18 Å². The maximum Gasteiger partial charge on any atom is 0.326 e. The maximum atomic E-state index is 13.5. The van der Waals surface area contributed by atoms with E-state index in [9.17, 15) is 19.1 Å². The number of ether oxygens (including phenoxy) is 1. The molecule has 0 bridgehead atoms. The van der Waals surface area contributed by atoms with E-state index in [0.717, 1.165) is 0 Å². The number of benzene rings is 1. The SMILES string of the molecule is COC1CC(C(=O)O)N(C(=O)c2cccc(F)c2C)C1. The largest absolute Gasteiger partial charge is 0.480 e. The highest BCUT2D eigenvalue weighted by Crippen LogP contribution is 2.24. The van der Waals surface area contributed by atoms with Gasteiger partial charge < -0.3 is 14.7 Å². The van der Waals surface area contributed by atoms with Crippen molar-refractivity contribution < 1.29 is 23.8 Å². The average molecular weight is 281 g/mol. The van der Waals surface area contributed by atoms with Gasteiger partial charge >= 0.3 is 5.97 Å². The third-order valence-corrected chi connectivity index (χ3v) is 3.64. The lowest BCUT2D eigenvalue weighted by Gasteiger charge is -2.22. The molecule has 1 aliphatic rings. The first kappa shape index (κ1) is 14.5. The summed E-state index contributed by atoms with van der Waals surface area (Å²) >= 11 is 0. The zero-order valence-corrected chi connectivity index (χ0v) is 11.3. The Bertz CT molecular complexity index is 546. The van der Waals surface area contributed by atoms with E-state index < -0.39 is 23.7 Å². The van der Waals surface area contributed by atoms with Crippen molar-refractivity contribution in [3.63, 3.8) is 0 Å². The summed E-state index contributed by atoms with van der Waals surface area (Å²) in [5.41, 5.74) is 0.413. The number of halogens is 1. The summed E-state index contributed by atoms with van der Waals surface area (Å²) in [5, 5.41) is 9.19. The molecule has 1 heterocycles. The molecule has 1 aromatic rings. The second-order valence-corrected chi connectivity index (χ2v) is 4.82. The quantitative estimate of drug-likeness (QED) is 0.910. The van der Waals surface area contributed by atoms with E-state index in [4.69, 9.17) is 4.74 Å². The first-order chi connectivity index (χ1) is 9.45. The Labute approximate surface area is 116 Å². The van der Waals surface area contributed by atoms with Gasteiger partial charge in [-0.1, -0.05) is 6.07 Å². The van der Waals surface area contributed by atoms with Gasteiger partial charge in [0, 0.05) is 25.6 Å². The molecule has 1 N–H and O–H groups in total. The third-order valence-electron chi connectivity index (χ3n) is 3.64. The molecule has 0 spiro atoms. The number of carbonyl (C=O) groups excluding carboxylic acids is 1. The van der Waals surface area contributed by atoms with Crippen LogP contribution in [0, 0.1) is 12.7 Å². The van der Waals surface area contributed by atoms with Crippen LogP contribution in [0.4, 0.5) is 4.39 Å². The number of amides is 1. The Kier molecular flexibility index (Phi) is 4.04. The second kappa shape index (κ2) is 5.58. The molecule has 1 fully saturated rings. The summed E-state index contributed by atoms with van der Waals surface area (Å²) < 4.78 is 18.6. The van der Waals surface area contributed by atoms with Crippen LogP contribution in [0.5, 0.6) is 0 Å². The van der Waals surface area contributed by atoms with Crippen molar-refractivity contribution in [2.24, 2.45) is 0 Å². The van der Waals surface area contributed by atoms with E-state index >= 15 is 0 Å². The zero-order chi connectivity index (χ0) is 14.9. The van der Waals surface area contributed by atoms with E-state index in [2.05, 4.69) is 0 Å². The summed E-state index contributed by atoms with van der Waals surface area (Å²) in [7, 11) is 1.48. The molecule has 108 valence electrons. The van der Waals surface area contributed by atoms with Crippen molar-refractivity contribution in [2.45, 2.75) is 25.5 Å². The van der Waals surface area contributed by atoms with E-state index in [1.165, 1.54) is 37.1 Å². The molecule has 1 aromatic carbocycles. The van der Waals surface area contributed by atoms with Gasteiger partial charge in [0.2, 0.25) is 0 Å². The van der Waals surface area contributed by atoms with Crippen LogP contribution in [0.1, 0.15) is 22.3 Å². The Balaban J connectivity index is 2.31. The number of likely N-dealkylation sites (tertiary alicyclic amines) is 1. The number of hydrogen-bond donors (Lipinski definition) is 1. The molecular weight excluding hydrogens is 265 g/mol. The minimum Gasteiger partial charge on any atom is -0.480 e. The number of methoxy groups -OCH3 is 1. The van der Waals surface area contributed by atoms with Gasteiger partial charge in [-0.3, -0.25) is 4.79 Å². The van der Waals surface area contributed by atoms with Crippen LogP contribution in [-0.2, 0) is 9.53 Å². The number of rotatable bonds is 3. The van der Waals surface area contributed by atoms with Crippen molar-refractivity contribution in [3.05, 3.63) is 35.1 Å². The van der Waals surface area contributed by atoms with Crippen LogP contribution in [0.2, 0.25) is 0 Å². The molecule has 0 radical (unpaired) electrons. The number of carbonyl (C=O) groups is 2. The Hall–Kier alpha value is -1.95. The highest BCUT2D eigenvalue weighted by atomic mass is 19.1. The fraction of sp³-hybridized carbons (Fsp3) is 0.429. The van der Waals surface area contributed by atoms with Gasteiger partial charge in [0.1, 0.15) is 11.9 Å². The van der Waals surface area contributed by atoms with E-state index in [0.29, 0.717) is 0 Å². The predicted molar refractivity (Wildman–Crippen MR) is 69.0 cm³/mol. The normalized spacial score (nSPS) is 22.1. The molecule has 0 aliphatic carbocycles. The second-order valence-electron chi connectivity index (χ2n) is 4.82. The van der Waals surface area contributed by atoms with Crippen molar-refractivity contribution >= 4 is 11.9 Å². The van der Waals surface area contributed by atoms with E-state index in [1.54, 1.807) is 0 Å². The topological polar surface area (TPSA) is 66.8 Å². The van der Waals surface area contributed by atoms with Crippen molar-refractivity contribution in [2.75, 3.05) is 13.7 Å². The van der Waals surface area contributed by atoms with Crippen molar-refractivity contribution in [1.29, 1.82) is 0 Å². The highest BCUT2D eigenvalue weighted by Gasteiger charge is 2.40. The van der Waals surface area contributed by atoms with Gasteiger partial charge in [-0.2, -0.15) is 0 Å². The summed E-state index contributed by atoms with van der Waals surface area (Å²) in [6, 6.07) is 3.27. The Morgan fingerprint density at radius 3 is 2.75 bits per heavy atom. The van der Waals surface area contributed by atoms with Crippen LogP contribution in [0.3, 0.4) is 0 Å². The summed E-state index contributed by atoms with van der Waals surface area (Å²) in [6.45, 7) is 1.70. The van der Waals surface area contributed by atoms with Gasteiger partial charge in [0.25, 0.3) is 5.91 Å². The number of hydrogen-bond acceptors (Lipinski definition) is 3. The van der Waals surface area contributed by atoms with Crippen LogP contribution >= 0.6 is 0 Å². The first-order valence-electron chi connectivity index (χ1n) is 6.27. The molecule has 5 nitrogen and oxygen atoms in total. The van der Waals surface area contributed by atoms with E-state index in [-0.39, 0.29) is 30.2 Å². The molecule has 2 atom stereocenters. The lowest BCUT2D eigenvalue weighted by Crippen LogP contribution is -2.41. The molecule has 1 amide bonds. The molecule has 20 heavy (non-hydrogen) atoms. The lowest BCUT2D eigenvalue weighted by molar-refractivity contribution is -0.141. The van der Waals surface area contributed by atoms with Gasteiger partial charge in [0.05, 0.1) is 6.10 Å². The molecule has 2 unspecified atom stereocenters. The maximum absolute atomic E-state index is 13.5. The minimum atomic E-state index is -1.08. The third kappa shape index (κ3) is 2.51. The van der Waals surface area contributed by atoms with Crippen LogP contribution in [-0.4, -0.2) is 47.7 Å². The molecule has 0 saturated carbocycles. The van der Waals surface area contributed by atoms with E-state index in [1.807, 2.05) is 0 Å². The van der Waals surface area contributed by atoms with Crippen molar-refractivity contribution in [1.82, 2.24) is 4.90 Å².